The molecule has 1 rings (SSSR count). The molecule has 0 aromatic heterocycles. The Kier molecular flexibility index (Phi) is 10.2. The molecule has 1 aromatic carbocycles. The Bertz CT molecular complexity index is 596. The average Bonchev–Trinajstić information content (AvgIpc) is 2.57. The molecule has 1 aromatic rings. The maximum atomic E-state index is 10.6. The summed E-state index contributed by atoms with van der Waals surface area (Å²) in [6.07, 6.45) is -2.00. The van der Waals surface area contributed by atoms with E-state index >= 15 is 0 Å². The second-order valence-electron chi connectivity index (χ2n) is 5.38. The Morgan fingerprint density at radius 3 is 1.62 bits per heavy atom. The number of quaternary nitrogens is 2. The van der Waals surface area contributed by atoms with E-state index in [1.807, 2.05) is 0 Å². The molecule has 26 heavy (non-hydrogen) atoms. The molecule has 0 fully saturated rings. The highest BCUT2D eigenvalue weighted by molar-refractivity contribution is 5.86. The van der Waals surface area contributed by atoms with Gasteiger partial charge in [0.2, 0.25) is 0 Å². The standard InChI is InChI=1S/C8H12N2.C8H10O8/c9-5-7-2-1-3-8(4-7)6-10;9-5(10)1-3(7(13)14)4(8(15)16)2-6(11)12/h1-4H,5-6,9-10H2;3-4H,1-2H2,(H,9,10)(H,11,12)(H,13,14)(H,15,16)/p+1. The summed E-state index contributed by atoms with van der Waals surface area (Å²) in [6, 6.07) is 8.39. The molecule has 144 valence electrons. The molecule has 2 atom stereocenters. The van der Waals surface area contributed by atoms with E-state index in [0.717, 1.165) is 13.1 Å². The number of carbonyl (C=O) groups is 4. The van der Waals surface area contributed by atoms with E-state index in [1.54, 1.807) is 0 Å². The Morgan fingerprint density at radius 2 is 1.31 bits per heavy atom. The Labute approximate surface area is 149 Å². The average molecular weight is 371 g/mol. The van der Waals surface area contributed by atoms with Gasteiger partial charge in [0, 0.05) is 23.5 Å². The van der Waals surface area contributed by atoms with Crippen LogP contribution in [0.5, 0.6) is 0 Å². The smallest absolute Gasteiger partial charge is 0.307 e. The normalized spacial score (nSPS) is 12.2. The summed E-state index contributed by atoms with van der Waals surface area (Å²) in [7, 11) is 0. The van der Waals surface area contributed by atoms with Gasteiger partial charge in [-0.1, -0.05) is 18.2 Å². The van der Waals surface area contributed by atoms with Crippen molar-refractivity contribution >= 4 is 23.9 Å². The van der Waals surface area contributed by atoms with Crippen LogP contribution in [0, 0.1) is 11.8 Å². The van der Waals surface area contributed by atoms with Crippen LogP contribution in [0.3, 0.4) is 0 Å². The second kappa shape index (κ2) is 11.6. The highest BCUT2D eigenvalue weighted by Gasteiger charge is 2.35. The third-order valence-corrected chi connectivity index (χ3v) is 3.47. The fraction of sp³-hybridized carbons (Fsp3) is 0.375. The van der Waals surface area contributed by atoms with Gasteiger partial charge in [0.1, 0.15) is 0 Å². The zero-order chi connectivity index (χ0) is 20.3. The highest BCUT2D eigenvalue weighted by atomic mass is 16.4. The molecule has 0 radical (unpaired) electrons. The van der Waals surface area contributed by atoms with Gasteiger partial charge in [-0.05, 0) is 6.07 Å². The molecule has 0 aliphatic rings. The first kappa shape index (κ1) is 23.0. The van der Waals surface area contributed by atoms with Crippen LogP contribution in [0.25, 0.3) is 0 Å². The predicted molar refractivity (Wildman–Crippen MR) is 83.8 cm³/mol. The predicted octanol–water partition coefficient (Wildman–Crippen LogP) is -2.83. The van der Waals surface area contributed by atoms with Crippen LogP contribution in [0.15, 0.2) is 24.3 Å². The van der Waals surface area contributed by atoms with Crippen molar-refractivity contribution in [3.63, 3.8) is 0 Å². The molecular weight excluding hydrogens is 348 g/mol. The van der Waals surface area contributed by atoms with Gasteiger partial charge in [-0.25, -0.2) is 0 Å². The van der Waals surface area contributed by atoms with E-state index in [4.69, 9.17) is 15.3 Å². The number of benzene rings is 1. The van der Waals surface area contributed by atoms with E-state index in [-0.39, 0.29) is 0 Å². The van der Waals surface area contributed by atoms with Crippen molar-refractivity contribution < 1.29 is 51.1 Å². The van der Waals surface area contributed by atoms with E-state index < -0.39 is 48.6 Å². The Hall–Kier alpha value is -2.98. The first-order valence-electron chi connectivity index (χ1n) is 7.65. The minimum absolute atomic E-state index is 0.869. The van der Waals surface area contributed by atoms with Crippen molar-refractivity contribution in [1.29, 1.82) is 0 Å². The third-order valence-electron chi connectivity index (χ3n) is 3.47. The van der Waals surface area contributed by atoms with Crippen molar-refractivity contribution in [2.45, 2.75) is 25.9 Å². The topological polar surface area (TPSA) is 207 Å². The lowest BCUT2D eigenvalue weighted by atomic mass is 9.87. The van der Waals surface area contributed by atoms with Gasteiger partial charge in [-0.15, -0.1) is 0 Å². The molecule has 0 bridgehead atoms. The van der Waals surface area contributed by atoms with E-state index in [1.165, 1.54) is 11.1 Å². The van der Waals surface area contributed by atoms with Crippen molar-refractivity contribution in [1.82, 2.24) is 0 Å². The molecule has 2 unspecified atom stereocenters. The molecule has 0 aliphatic heterocycles. The number of rotatable bonds is 9. The molecule has 0 aliphatic carbocycles. The Balaban J connectivity index is 0.000000531. The Morgan fingerprint density at radius 1 is 0.885 bits per heavy atom. The van der Waals surface area contributed by atoms with Gasteiger partial charge in [0.25, 0.3) is 0 Å². The van der Waals surface area contributed by atoms with Gasteiger partial charge >= 0.3 is 17.9 Å². The SMILES string of the molecule is O=C([O-])CC(C(=O)O)C(CC(=O)O)C(=O)O.[NH3+]Cc1cccc(C[NH3+])c1. The van der Waals surface area contributed by atoms with E-state index in [9.17, 15) is 24.3 Å². The van der Waals surface area contributed by atoms with Gasteiger partial charge < -0.3 is 36.7 Å². The van der Waals surface area contributed by atoms with Crippen LogP contribution >= 0.6 is 0 Å². The molecule has 0 saturated carbocycles. The lowest BCUT2D eigenvalue weighted by Crippen LogP contribution is -2.48. The summed E-state index contributed by atoms with van der Waals surface area (Å²) >= 11 is 0. The summed E-state index contributed by atoms with van der Waals surface area (Å²) in [5.74, 6) is -10.2. The van der Waals surface area contributed by atoms with Crippen LogP contribution in [0.4, 0.5) is 0 Å². The summed E-state index contributed by atoms with van der Waals surface area (Å²) in [5, 5.41) is 35.8. The maximum absolute atomic E-state index is 10.6. The molecule has 10 nitrogen and oxygen atoms in total. The first-order chi connectivity index (χ1) is 12.1. The summed E-state index contributed by atoms with van der Waals surface area (Å²) in [6.45, 7) is 1.74. The lowest BCUT2D eigenvalue weighted by molar-refractivity contribution is -0.388. The van der Waals surface area contributed by atoms with Gasteiger partial charge in [0.05, 0.1) is 31.3 Å². The zero-order valence-electron chi connectivity index (χ0n) is 14.1. The molecule has 0 saturated heterocycles. The van der Waals surface area contributed by atoms with Crippen molar-refractivity contribution in [3.05, 3.63) is 35.4 Å². The molecule has 0 amide bonds. The quantitative estimate of drug-likeness (QED) is 0.305. The zero-order valence-corrected chi connectivity index (χ0v) is 14.1. The van der Waals surface area contributed by atoms with Crippen molar-refractivity contribution in [2.24, 2.45) is 11.8 Å². The monoisotopic (exact) mass is 371 g/mol. The highest BCUT2D eigenvalue weighted by Crippen LogP contribution is 2.20. The minimum atomic E-state index is -1.82. The number of hydrogen-bond donors (Lipinski definition) is 5. The number of aliphatic carboxylic acids is 4. The fourth-order valence-corrected chi connectivity index (χ4v) is 2.11. The van der Waals surface area contributed by atoms with Crippen molar-refractivity contribution in [3.8, 4) is 0 Å². The molecule has 0 heterocycles. The largest absolute Gasteiger partial charge is 0.550 e. The van der Waals surface area contributed by atoms with Crippen LogP contribution in [0.2, 0.25) is 0 Å². The fourth-order valence-electron chi connectivity index (χ4n) is 2.11. The number of hydrogen-bond acceptors (Lipinski definition) is 5. The molecular formula is C16H23N2O8+. The van der Waals surface area contributed by atoms with Gasteiger partial charge in [-0.2, -0.15) is 0 Å². The molecule has 0 spiro atoms. The number of carboxylic acids is 4. The lowest BCUT2D eigenvalue weighted by Gasteiger charge is -2.18. The number of carbonyl (C=O) groups excluding carboxylic acids is 1. The minimum Gasteiger partial charge on any atom is -0.550 e. The van der Waals surface area contributed by atoms with Crippen LogP contribution in [0.1, 0.15) is 24.0 Å². The summed E-state index contributed by atoms with van der Waals surface area (Å²) < 4.78 is 0. The summed E-state index contributed by atoms with van der Waals surface area (Å²) in [5.41, 5.74) is 10.2. The summed E-state index contributed by atoms with van der Waals surface area (Å²) in [4.78, 5) is 41.8. The van der Waals surface area contributed by atoms with Gasteiger partial charge in [0.15, 0.2) is 0 Å². The van der Waals surface area contributed by atoms with Gasteiger partial charge in [-0.3, -0.25) is 14.4 Å². The van der Waals surface area contributed by atoms with E-state index in [2.05, 4.69) is 35.7 Å². The molecule has 9 N–H and O–H groups in total. The third kappa shape index (κ3) is 8.76. The van der Waals surface area contributed by atoms with Crippen LogP contribution in [-0.4, -0.2) is 39.2 Å². The number of carboxylic acid groups (broad SMARTS) is 4. The molecule has 10 heteroatoms. The maximum Gasteiger partial charge on any atom is 0.307 e. The first-order valence-corrected chi connectivity index (χ1v) is 7.65. The van der Waals surface area contributed by atoms with E-state index in [0.29, 0.717) is 0 Å². The second-order valence-corrected chi connectivity index (χ2v) is 5.38. The van der Waals surface area contributed by atoms with Crippen molar-refractivity contribution in [2.75, 3.05) is 0 Å². The van der Waals surface area contributed by atoms with Crippen LogP contribution < -0.4 is 16.6 Å². The van der Waals surface area contributed by atoms with Crippen LogP contribution in [-0.2, 0) is 32.3 Å².